The first-order chi connectivity index (χ1) is 28.7. The standard InChI is InChI=1S/C50H64N4O6/c1-11-33-30(7)37-23-38-31(8)35(19-20-43(56)60-22-21-29(6)18-14-17-28(5)16-13-15-27(3)4)47(53-38)45-46(50(58)59-10)49(57)44-32(9)39(54-48(44)45)24-41-34(12-2)36(26-55)42(52-41)25-40(33)51-37/h11,21,23-28,31,35,46,51-54H,1,12-20,22H2,2-10H3/b29-21+,38-23-,41-24-,42-25-,47-45-/t28-,31-,35-,46+/m0/s1. The molecule has 3 aromatic heterocycles. The van der Waals surface area contributed by atoms with E-state index in [1.54, 1.807) is 0 Å². The summed E-state index contributed by atoms with van der Waals surface area (Å²) in [5, 5.41) is 5.07. The highest BCUT2D eigenvalue weighted by Crippen LogP contribution is 2.48. The van der Waals surface area contributed by atoms with Gasteiger partial charge >= 0.3 is 11.9 Å². The molecule has 4 N–H and O–H groups in total. The number of allylic oxidation sites excluding steroid dienone is 3. The summed E-state index contributed by atoms with van der Waals surface area (Å²) in [4.78, 5) is 64.4. The van der Waals surface area contributed by atoms with Crippen molar-refractivity contribution in [1.29, 1.82) is 0 Å². The lowest BCUT2D eigenvalue weighted by Gasteiger charge is -2.19. The van der Waals surface area contributed by atoms with Crippen LogP contribution < -0.4 is 16.0 Å². The second-order valence-corrected chi connectivity index (χ2v) is 17.6. The molecule has 2 aliphatic heterocycles. The lowest BCUT2D eigenvalue weighted by atomic mass is 9.85. The largest absolute Gasteiger partial charge is 0.468 e. The summed E-state index contributed by atoms with van der Waals surface area (Å²) in [6, 6.07) is 0. The van der Waals surface area contributed by atoms with Gasteiger partial charge in [-0.2, -0.15) is 0 Å². The van der Waals surface area contributed by atoms with E-state index in [2.05, 4.69) is 67.5 Å². The third-order valence-corrected chi connectivity index (χ3v) is 13.0. The van der Waals surface area contributed by atoms with Gasteiger partial charge in [-0.1, -0.05) is 78.5 Å². The fraction of sp³-hybridized carbons (Fsp3) is 0.480. The van der Waals surface area contributed by atoms with Crippen molar-refractivity contribution >= 4 is 53.9 Å². The first kappa shape index (κ1) is 44.2. The third kappa shape index (κ3) is 8.89. The van der Waals surface area contributed by atoms with Crippen LogP contribution in [0.5, 0.6) is 0 Å². The van der Waals surface area contributed by atoms with Gasteiger partial charge in [0.05, 0.1) is 18.2 Å². The summed E-state index contributed by atoms with van der Waals surface area (Å²) in [5.74, 6) is -1.39. The Hall–Kier alpha value is -5.38. The Kier molecular flexibility index (Phi) is 13.9. The Morgan fingerprint density at radius 3 is 2.32 bits per heavy atom. The van der Waals surface area contributed by atoms with Crippen molar-refractivity contribution < 1.29 is 28.7 Å². The third-order valence-electron chi connectivity index (χ3n) is 13.0. The number of rotatable bonds is 17. The molecule has 0 amide bonds. The maximum absolute atomic E-state index is 14.4. The van der Waals surface area contributed by atoms with Gasteiger partial charge < -0.3 is 29.7 Å². The predicted octanol–water partition coefficient (Wildman–Crippen LogP) is 8.77. The number of hydrogen-bond acceptors (Lipinski definition) is 7. The second-order valence-electron chi connectivity index (χ2n) is 17.6. The molecule has 10 heteroatoms. The number of carbonyl (C=O) groups excluding carboxylic acids is 4. The van der Waals surface area contributed by atoms with Crippen LogP contribution in [0.4, 0.5) is 0 Å². The van der Waals surface area contributed by atoms with Gasteiger partial charge in [0.2, 0.25) is 0 Å². The van der Waals surface area contributed by atoms with Crippen LogP contribution in [-0.4, -0.2) is 52.7 Å². The summed E-state index contributed by atoms with van der Waals surface area (Å²) in [6.45, 7) is 21.3. The minimum absolute atomic E-state index is 0.132. The fourth-order valence-electron chi connectivity index (χ4n) is 9.42. The zero-order valence-electron chi connectivity index (χ0n) is 37.1. The number of aldehydes is 1. The van der Waals surface area contributed by atoms with Crippen LogP contribution in [0.1, 0.15) is 159 Å². The van der Waals surface area contributed by atoms with Crippen molar-refractivity contribution in [3.63, 3.8) is 0 Å². The van der Waals surface area contributed by atoms with Gasteiger partial charge in [-0.25, -0.2) is 0 Å². The lowest BCUT2D eigenvalue weighted by molar-refractivity contribution is -0.143. The summed E-state index contributed by atoms with van der Waals surface area (Å²) < 4.78 is 11.0. The molecule has 6 rings (SSSR count). The molecule has 1 saturated heterocycles. The van der Waals surface area contributed by atoms with Crippen molar-refractivity contribution in [3.8, 4) is 0 Å². The predicted molar refractivity (Wildman–Crippen MR) is 239 cm³/mol. The average Bonchev–Trinajstić information content (AvgIpc) is 3.96. The van der Waals surface area contributed by atoms with Crippen molar-refractivity contribution in [1.82, 2.24) is 20.3 Å². The maximum Gasteiger partial charge on any atom is 0.321 e. The van der Waals surface area contributed by atoms with Gasteiger partial charge in [-0.3, -0.25) is 19.2 Å². The number of methoxy groups -OCH3 is 1. The number of nitrogens with one attached hydrogen (secondary N) is 4. The van der Waals surface area contributed by atoms with E-state index >= 15 is 0 Å². The molecule has 60 heavy (non-hydrogen) atoms. The van der Waals surface area contributed by atoms with E-state index in [1.807, 2.05) is 45.1 Å². The quantitative estimate of drug-likeness (QED) is 0.0461. The number of hydrogen-bond donors (Lipinski definition) is 4. The molecule has 3 aromatic rings. The van der Waals surface area contributed by atoms with Crippen LogP contribution >= 0.6 is 0 Å². The Labute approximate surface area is 354 Å². The van der Waals surface area contributed by atoms with Crippen molar-refractivity contribution in [2.24, 2.45) is 29.6 Å². The molecule has 320 valence electrons. The molecule has 10 nitrogen and oxygen atoms in total. The van der Waals surface area contributed by atoms with Crippen LogP contribution in [0.3, 0.4) is 0 Å². The number of carbonyl (C=O) groups is 4. The molecule has 0 saturated carbocycles. The maximum atomic E-state index is 14.4. The van der Waals surface area contributed by atoms with Crippen LogP contribution in [0.2, 0.25) is 0 Å². The number of H-pyrrole nitrogens is 3. The van der Waals surface area contributed by atoms with E-state index < -0.39 is 11.9 Å². The minimum Gasteiger partial charge on any atom is -0.468 e. The highest BCUT2D eigenvalue weighted by molar-refractivity contribution is 6.24. The molecule has 0 radical (unpaired) electrons. The topological polar surface area (TPSA) is 146 Å². The zero-order valence-corrected chi connectivity index (χ0v) is 37.1. The number of aromatic amines is 3. The zero-order chi connectivity index (χ0) is 43.4. The van der Waals surface area contributed by atoms with E-state index in [0.717, 1.165) is 64.2 Å². The molecule has 5 heterocycles. The highest BCUT2D eigenvalue weighted by atomic mass is 16.5. The Morgan fingerprint density at radius 2 is 1.63 bits per heavy atom. The summed E-state index contributed by atoms with van der Waals surface area (Å²) in [5.41, 5.74) is 10.6. The summed E-state index contributed by atoms with van der Waals surface area (Å²) in [6.07, 6.45) is 19.0. The van der Waals surface area contributed by atoms with Crippen molar-refractivity contribution in [2.45, 2.75) is 113 Å². The van der Waals surface area contributed by atoms with Gasteiger partial charge in [0.25, 0.3) is 0 Å². The smallest absolute Gasteiger partial charge is 0.321 e. The molecular formula is C50H64N4O6. The van der Waals surface area contributed by atoms with Crippen molar-refractivity contribution in [2.75, 3.05) is 13.7 Å². The van der Waals surface area contributed by atoms with Crippen LogP contribution in [0.15, 0.2) is 29.6 Å². The average molecular weight is 817 g/mol. The van der Waals surface area contributed by atoms with E-state index in [4.69, 9.17) is 9.47 Å². The van der Waals surface area contributed by atoms with Crippen molar-refractivity contribution in [3.05, 3.63) is 96.5 Å². The van der Waals surface area contributed by atoms with Crippen LogP contribution in [0, 0.1) is 43.4 Å². The van der Waals surface area contributed by atoms with Gasteiger partial charge in [0, 0.05) is 74.3 Å². The highest BCUT2D eigenvalue weighted by Gasteiger charge is 2.48. The molecule has 4 atom stereocenters. The lowest BCUT2D eigenvalue weighted by Crippen LogP contribution is -2.25. The number of aromatic nitrogens is 3. The molecule has 8 bridgehead atoms. The molecule has 1 aliphatic carbocycles. The molecular weight excluding hydrogens is 753 g/mol. The number of fused-ring (bicyclic) bond motifs is 7. The van der Waals surface area contributed by atoms with Gasteiger partial charge in [-0.05, 0) is 99.3 Å². The van der Waals surface area contributed by atoms with E-state index in [9.17, 15) is 19.2 Å². The number of esters is 2. The van der Waals surface area contributed by atoms with E-state index in [1.165, 1.54) is 38.4 Å². The Bertz CT molecular complexity index is 2390. The molecule has 3 aliphatic rings. The molecule has 1 fully saturated rings. The summed E-state index contributed by atoms with van der Waals surface area (Å²) in [7, 11) is 1.30. The molecule has 0 aromatic carbocycles. The monoisotopic (exact) mass is 816 g/mol. The number of ether oxygens (including phenoxy) is 2. The number of ketones is 1. The van der Waals surface area contributed by atoms with Crippen LogP contribution in [-0.2, 0) is 25.5 Å². The van der Waals surface area contributed by atoms with E-state index in [-0.39, 0.29) is 36.6 Å². The van der Waals surface area contributed by atoms with Crippen LogP contribution in [0.25, 0.3) is 29.9 Å². The van der Waals surface area contributed by atoms with E-state index in [0.29, 0.717) is 63.5 Å². The first-order valence-electron chi connectivity index (χ1n) is 21.9. The molecule has 0 spiro atoms. The number of Topliss-reactive ketones (excluding diaryl/α,β-unsaturated/α-hetero) is 1. The summed E-state index contributed by atoms with van der Waals surface area (Å²) >= 11 is 0. The fourth-order valence-corrected chi connectivity index (χ4v) is 9.42. The molecule has 0 unspecified atom stereocenters. The SMILES string of the molecule is C=Cc1c2[nH]c(c1C)/C=C1\N/C(=C3\c4[nH]c(c(C)c4C(=O)[C@@H]3C(=O)OC)/C=c3\[nH]/c(c(C=O)c3CC)=C\2)[C@@H](CCC(=O)OC/C=C(\C)CCC[C@@H](C)CCCC(C)C)[C@@H]1C. The second kappa shape index (κ2) is 18.9. The minimum atomic E-state index is -1.19. The Balaban J connectivity index is 1.35. The van der Waals surface area contributed by atoms with Gasteiger partial charge in [0.1, 0.15) is 12.5 Å². The first-order valence-corrected chi connectivity index (χ1v) is 21.9. The van der Waals surface area contributed by atoms with Gasteiger partial charge in [-0.15, -0.1) is 0 Å². The van der Waals surface area contributed by atoms with Gasteiger partial charge in [0.15, 0.2) is 12.1 Å². The normalized spacial score (nSPS) is 22.0. The Morgan fingerprint density at radius 1 is 0.917 bits per heavy atom.